The van der Waals surface area contributed by atoms with Crippen molar-refractivity contribution in [2.45, 2.75) is 25.8 Å². The molecular weight excluding hydrogens is 242 g/mol. The number of carbonyl (C=O) groups is 1. The lowest BCUT2D eigenvalue weighted by molar-refractivity contribution is -0.119. The molecule has 0 bridgehead atoms. The fraction of sp³-hybridized carbons (Fsp3) is 0.615. The zero-order chi connectivity index (χ0) is 13.7. The van der Waals surface area contributed by atoms with E-state index < -0.39 is 0 Å². The van der Waals surface area contributed by atoms with Gasteiger partial charge in [0.2, 0.25) is 11.9 Å². The summed E-state index contributed by atoms with van der Waals surface area (Å²) in [5.41, 5.74) is 6.31. The molecule has 2 heterocycles. The van der Waals surface area contributed by atoms with Crippen molar-refractivity contribution in [3.05, 3.63) is 18.0 Å². The monoisotopic (exact) mass is 263 g/mol. The molecule has 1 aliphatic heterocycles. The van der Waals surface area contributed by atoms with E-state index in [9.17, 15) is 4.79 Å². The molecule has 0 atom stereocenters. The molecule has 104 valence electrons. The Morgan fingerprint density at radius 1 is 1.42 bits per heavy atom. The number of nitrogens with zero attached hydrogens (tertiary/aromatic N) is 3. The Morgan fingerprint density at radius 2 is 2.05 bits per heavy atom. The van der Waals surface area contributed by atoms with Crippen LogP contribution in [0.15, 0.2) is 12.4 Å². The van der Waals surface area contributed by atoms with Crippen molar-refractivity contribution in [2.24, 2.45) is 11.7 Å². The Bertz CT molecular complexity index is 412. The summed E-state index contributed by atoms with van der Waals surface area (Å²) in [6.07, 6.45) is 6.16. The van der Waals surface area contributed by atoms with E-state index >= 15 is 0 Å². The summed E-state index contributed by atoms with van der Waals surface area (Å²) in [5, 5.41) is 3.07. The van der Waals surface area contributed by atoms with E-state index in [4.69, 9.17) is 5.73 Å². The lowest BCUT2D eigenvalue weighted by Gasteiger charge is -2.31. The molecule has 0 spiro atoms. The van der Waals surface area contributed by atoms with Crippen molar-refractivity contribution in [1.29, 1.82) is 0 Å². The van der Waals surface area contributed by atoms with Crippen LogP contribution in [-0.2, 0) is 11.3 Å². The predicted octanol–water partition coefficient (Wildman–Crippen LogP) is 0.288. The molecule has 0 aliphatic carbocycles. The molecule has 1 aliphatic rings. The molecule has 2 rings (SSSR count). The van der Waals surface area contributed by atoms with Gasteiger partial charge in [0.15, 0.2) is 0 Å². The minimum absolute atomic E-state index is 0.203. The summed E-state index contributed by atoms with van der Waals surface area (Å²) in [6.45, 7) is 2.56. The number of rotatable bonds is 5. The lowest BCUT2D eigenvalue weighted by Crippen LogP contribution is -2.36. The van der Waals surface area contributed by atoms with Crippen LogP contribution in [0.25, 0.3) is 0 Å². The number of primary amides is 1. The van der Waals surface area contributed by atoms with Crippen molar-refractivity contribution >= 4 is 11.9 Å². The van der Waals surface area contributed by atoms with Crippen molar-refractivity contribution in [2.75, 3.05) is 25.0 Å². The summed E-state index contributed by atoms with van der Waals surface area (Å²) in [4.78, 5) is 21.8. The highest BCUT2D eigenvalue weighted by molar-refractivity contribution is 5.74. The number of amides is 1. The largest absolute Gasteiger partial charge is 0.370 e. The second-order valence-electron chi connectivity index (χ2n) is 5.02. The Hall–Kier alpha value is -1.69. The van der Waals surface area contributed by atoms with Gasteiger partial charge in [0.05, 0.1) is 0 Å². The number of piperidine rings is 1. The molecule has 1 aromatic rings. The van der Waals surface area contributed by atoms with Crippen LogP contribution in [0, 0.1) is 5.92 Å². The SMILES string of the molecule is CNCc1cnc(N2CCC(CC(N)=O)CC2)nc1. The van der Waals surface area contributed by atoms with Gasteiger partial charge in [0.1, 0.15) is 0 Å². The highest BCUT2D eigenvalue weighted by Crippen LogP contribution is 2.22. The standard InChI is InChI=1S/C13H21N5O/c1-15-7-11-8-16-13(17-9-11)18-4-2-10(3-5-18)6-12(14)19/h8-10,15H,2-7H2,1H3,(H2,14,19). The second kappa shape index (κ2) is 6.47. The number of hydrogen-bond donors (Lipinski definition) is 2. The maximum absolute atomic E-state index is 10.9. The zero-order valence-electron chi connectivity index (χ0n) is 11.3. The molecule has 1 amide bonds. The fourth-order valence-corrected chi connectivity index (χ4v) is 2.43. The van der Waals surface area contributed by atoms with E-state index in [1.807, 2.05) is 19.4 Å². The van der Waals surface area contributed by atoms with Gasteiger partial charge < -0.3 is 16.0 Å². The van der Waals surface area contributed by atoms with Gasteiger partial charge in [-0.15, -0.1) is 0 Å². The van der Waals surface area contributed by atoms with Crippen molar-refractivity contribution in [3.63, 3.8) is 0 Å². The van der Waals surface area contributed by atoms with Gasteiger partial charge in [-0.1, -0.05) is 0 Å². The Morgan fingerprint density at radius 3 is 2.58 bits per heavy atom. The van der Waals surface area contributed by atoms with Crippen LogP contribution in [0.2, 0.25) is 0 Å². The number of hydrogen-bond acceptors (Lipinski definition) is 5. The van der Waals surface area contributed by atoms with Crippen LogP contribution >= 0.6 is 0 Å². The zero-order valence-corrected chi connectivity index (χ0v) is 11.3. The fourth-order valence-electron chi connectivity index (χ4n) is 2.43. The van der Waals surface area contributed by atoms with Gasteiger partial charge in [-0.25, -0.2) is 9.97 Å². The first-order chi connectivity index (χ1) is 9.19. The van der Waals surface area contributed by atoms with Gasteiger partial charge in [-0.2, -0.15) is 0 Å². The van der Waals surface area contributed by atoms with Crippen LogP contribution in [0.5, 0.6) is 0 Å². The number of nitrogens with one attached hydrogen (secondary N) is 1. The molecule has 0 aromatic carbocycles. The normalized spacial score (nSPS) is 16.6. The second-order valence-corrected chi connectivity index (χ2v) is 5.02. The molecule has 1 aromatic heterocycles. The van der Waals surface area contributed by atoms with Crippen LogP contribution in [0.4, 0.5) is 5.95 Å². The number of carbonyl (C=O) groups excluding carboxylic acids is 1. The Balaban J connectivity index is 1.88. The van der Waals surface area contributed by atoms with Crippen LogP contribution in [0.1, 0.15) is 24.8 Å². The first kappa shape index (κ1) is 13.7. The quantitative estimate of drug-likeness (QED) is 0.797. The van der Waals surface area contributed by atoms with Crippen molar-refractivity contribution in [3.8, 4) is 0 Å². The van der Waals surface area contributed by atoms with Crippen LogP contribution in [-0.4, -0.2) is 36.0 Å². The first-order valence-corrected chi connectivity index (χ1v) is 6.68. The first-order valence-electron chi connectivity index (χ1n) is 6.68. The summed E-state index contributed by atoms with van der Waals surface area (Å²) >= 11 is 0. The van der Waals surface area contributed by atoms with E-state index in [0.29, 0.717) is 12.3 Å². The predicted molar refractivity (Wildman–Crippen MR) is 73.5 cm³/mol. The number of aromatic nitrogens is 2. The molecular formula is C13H21N5O. The molecule has 0 saturated carbocycles. The minimum atomic E-state index is -0.203. The summed E-state index contributed by atoms with van der Waals surface area (Å²) < 4.78 is 0. The molecule has 1 saturated heterocycles. The number of anilines is 1. The van der Waals surface area contributed by atoms with Gasteiger partial charge in [0.25, 0.3) is 0 Å². The van der Waals surface area contributed by atoms with Crippen LogP contribution in [0.3, 0.4) is 0 Å². The maximum atomic E-state index is 10.9. The third-order valence-corrected chi connectivity index (χ3v) is 3.46. The minimum Gasteiger partial charge on any atom is -0.370 e. The Kier molecular flexibility index (Phi) is 4.68. The third kappa shape index (κ3) is 3.89. The average Bonchev–Trinajstić information content (AvgIpc) is 2.40. The van der Waals surface area contributed by atoms with Gasteiger partial charge in [-0.3, -0.25) is 4.79 Å². The summed E-state index contributed by atoms with van der Waals surface area (Å²) in [7, 11) is 1.90. The molecule has 19 heavy (non-hydrogen) atoms. The topological polar surface area (TPSA) is 84.1 Å². The maximum Gasteiger partial charge on any atom is 0.225 e. The van der Waals surface area contributed by atoms with Gasteiger partial charge in [-0.05, 0) is 25.8 Å². The molecule has 0 radical (unpaired) electrons. The van der Waals surface area contributed by atoms with Crippen LogP contribution < -0.4 is 16.0 Å². The average molecular weight is 263 g/mol. The van der Waals surface area contributed by atoms with Gasteiger partial charge in [0, 0.05) is 44.0 Å². The molecule has 3 N–H and O–H groups in total. The van der Waals surface area contributed by atoms with E-state index in [1.165, 1.54) is 0 Å². The molecule has 6 heteroatoms. The highest BCUT2D eigenvalue weighted by Gasteiger charge is 2.21. The summed E-state index contributed by atoms with van der Waals surface area (Å²) in [5.74, 6) is 0.987. The van der Waals surface area contributed by atoms with E-state index in [0.717, 1.165) is 44.0 Å². The Labute approximate surface area is 113 Å². The highest BCUT2D eigenvalue weighted by atomic mass is 16.1. The van der Waals surface area contributed by atoms with Gasteiger partial charge >= 0.3 is 0 Å². The van der Waals surface area contributed by atoms with E-state index in [2.05, 4.69) is 20.2 Å². The smallest absolute Gasteiger partial charge is 0.225 e. The molecule has 1 fully saturated rings. The van der Waals surface area contributed by atoms with Crippen molar-refractivity contribution < 1.29 is 4.79 Å². The van der Waals surface area contributed by atoms with E-state index in [-0.39, 0.29) is 5.91 Å². The lowest BCUT2D eigenvalue weighted by atomic mass is 9.93. The summed E-state index contributed by atoms with van der Waals surface area (Å²) in [6, 6.07) is 0. The molecule has 0 unspecified atom stereocenters. The van der Waals surface area contributed by atoms with E-state index in [1.54, 1.807) is 0 Å². The number of nitrogens with two attached hydrogens (primary N) is 1. The third-order valence-electron chi connectivity index (χ3n) is 3.46. The van der Waals surface area contributed by atoms with Crippen molar-refractivity contribution in [1.82, 2.24) is 15.3 Å². The molecule has 6 nitrogen and oxygen atoms in total.